The number of hydrogen-bond donors (Lipinski definition) is 1. The van der Waals surface area contributed by atoms with Crippen molar-refractivity contribution in [2.24, 2.45) is 5.92 Å². The number of ether oxygens (including phenoxy) is 1. The van der Waals surface area contributed by atoms with Crippen molar-refractivity contribution >= 4 is 17.2 Å². The van der Waals surface area contributed by atoms with E-state index < -0.39 is 0 Å². The molecule has 0 saturated carbocycles. The number of pyridine rings is 1. The van der Waals surface area contributed by atoms with E-state index in [1.54, 1.807) is 36.8 Å². The molecule has 134 valence electrons. The Morgan fingerprint density at radius 2 is 2.20 bits per heavy atom. The molecule has 0 radical (unpaired) electrons. The topological polar surface area (TPSA) is 54.5 Å². The first-order valence-corrected chi connectivity index (χ1v) is 9.61. The van der Waals surface area contributed by atoms with Crippen molar-refractivity contribution in [1.29, 1.82) is 0 Å². The van der Waals surface area contributed by atoms with Crippen LogP contribution in [0.2, 0.25) is 0 Å². The molecule has 1 atom stereocenters. The third kappa shape index (κ3) is 4.58. The molecule has 6 heteroatoms. The molecular weight excluding hydrogens is 334 g/mol. The highest BCUT2D eigenvalue weighted by Crippen LogP contribution is 2.29. The molecule has 1 N–H and O–H groups in total. The third-order valence-electron chi connectivity index (χ3n) is 4.79. The van der Waals surface area contributed by atoms with Gasteiger partial charge in [-0.2, -0.15) is 0 Å². The summed E-state index contributed by atoms with van der Waals surface area (Å²) >= 11 is 1.76. The summed E-state index contributed by atoms with van der Waals surface area (Å²) in [4.78, 5) is 20.4. The number of nitrogens with zero attached hydrogens (tertiary/aromatic N) is 2. The number of rotatable bonds is 6. The summed E-state index contributed by atoms with van der Waals surface area (Å²) in [5.74, 6) is 1.21. The van der Waals surface area contributed by atoms with Gasteiger partial charge in [0.05, 0.1) is 18.7 Å². The van der Waals surface area contributed by atoms with E-state index in [4.69, 9.17) is 4.74 Å². The van der Waals surface area contributed by atoms with Crippen molar-refractivity contribution < 1.29 is 9.53 Å². The summed E-state index contributed by atoms with van der Waals surface area (Å²) in [7, 11) is 1.56. The van der Waals surface area contributed by atoms with E-state index in [1.165, 1.54) is 17.7 Å². The Morgan fingerprint density at radius 3 is 2.80 bits per heavy atom. The van der Waals surface area contributed by atoms with Crippen LogP contribution in [0.4, 0.5) is 0 Å². The zero-order valence-electron chi connectivity index (χ0n) is 14.8. The lowest BCUT2D eigenvalue weighted by Gasteiger charge is -2.36. The lowest BCUT2D eigenvalue weighted by atomic mass is 9.97. The zero-order valence-corrected chi connectivity index (χ0v) is 15.6. The third-order valence-corrected chi connectivity index (χ3v) is 5.77. The van der Waals surface area contributed by atoms with Gasteiger partial charge >= 0.3 is 0 Å². The second kappa shape index (κ2) is 8.45. The zero-order chi connectivity index (χ0) is 17.6. The van der Waals surface area contributed by atoms with Crippen LogP contribution < -0.4 is 10.1 Å². The number of amides is 1. The molecule has 0 aliphatic carbocycles. The van der Waals surface area contributed by atoms with Gasteiger partial charge in [0.2, 0.25) is 5.88 Å². The van der Waals surface area contributed by atoms with Crippen LogP contribution in [0.3, 0.4) is 0 Å². The van der Waals surface area contributed by atoms with Gasteiger partial charge in [0, 0.05) is 23.7 Å². The van der Waals surface area contributed by atoms with Crippen molar-refractivity contribution in [3.8, 4) is 5.88 Å². The predicted octanol–water partition coefficient (Wildman–Crippen LogP) is 3.35. The molecule has 1 amide bonds. The molecular formula is C19H25N3O2S. The molecule has 1 aliphatic heterocycles. The highest BCUT2D eigenvalue weighted by molar-refractivity contribution is 7.10. The maximum Gasteiger partial charge on any atom is 0.252 e. The van der Waals surface area contributed by atoms with Gasteiger partial charge in [-0.05, 0) is 49.4 Å². The second-order valence-corrected chi connectivity index (χ2v) is 7.53. The van der Waals surface area contributed by atoms with Gasteiger partial charge in [-0.3, -0.25) is 9.69 Å². The van der Waals surface area contributed by atoms with Gasteiger partial charge < -0.3 is 10.1 Å². The summed E-state index contributed by atoms with van der Waals surface area (Å²) in [6, 6.07) is 7.92. The van der Waals surface area contributed by atoms with E-state index in [2.05, 4.69) is 39.6 Å². The van der Waals surface area contributed by atoms with Crippen LogP contribution in [-0.2, 0) is 0 Å². The van der Waals surface area contributed by atoms with Crippen LogP contribution >= 0.6 is 11.3 Å². The Balaban J connectivity index is 1.64. The monoisotopic (exact) mass is 359 g/mol. The molecule has 2 aromatic heterocycles. The van der Waals surface area contributed by atoms with Gasteiger partial charge in [0.15, 0.2) is 0 Å². The van der Waals surface area contributed by atoms with Gasteiger partial charge in [0.1, 0.15) is 0 Å². The molecule has 0 bridgehead atoms. The molecule has 0 spiro atoms. The van der Waals surface area contributed by atoms with Crippen LogP contribution in [-0.4, -0.2) is 42.5 Å². The fraction of sp³-hybridized carbons (Fsp3) is 0.474. The maximum absolute atomic E-state index is 12.4. The molecule has 3 heterocycles. The average Bonchev–Trinajstić information content (AvgIpc) is 3.17. The number of piperidine rings is 1. The molecule has 0 aromatic carbocycles. The first-order chi connectivity index (χ1) is 12.2. The summed E-state index contributed by atoms with van der Waals surface area (Å²) in [5, 5.41) is 5.18. The SMILES string of the molecule is COc1ccc(C(=O)NCC(c2cccs2)N2CCC(C)CC2)cn1. The van der Waals surface area contributed by atoms with Crippen molar-refractivity contribution in [3.63, 3.8) is 0 Å². The normalized spacial score (nSPS) is 17.2. The van der Waals surface area contributed by atoms with E-state index in [-0.39, 0.29) is 11.9 Å². The molecule has 1 unspecified atom stereocenters. The first-order valence-electron chi connectivity index (χ1n) is 8.73. The predicted molar refractivity (Wildman–Crippen MR) is 100 cm³/mol. The van der Waals surface area contributed by atoms with E-state index in [0.717, 1.165) is 19.0 Å². The van der Waals surface area contributed by atoms with Crippen molar-refractivity contribution in [2.45, 2.75) is 25.8 Å². The lowest BCUT2D eigenvalue weighted by Crippen LogP contribution is -2.41. The Morgan fingerprint density at radius 1 is 1.40 bits per heavy atom. The number of methoxy groups -OCH3 is 1. The second-order valence-electron chi connectivity index (χ2n) is 6.55. The van der Waals surface area contributed by atoms with Crippen molar-refractivity contribution in [2.75, 3.05) is 26.7 Å². The van der Waals surface area contributed by atoms with Gasteiger partial charge in [-0.1, -0.05) is 13.0 Å². The standard InChI is InChI=1S/C19H25N3O2S/c1-14-7-9-22(10-8-14)16(17-4-3-11-25-17)13-21-19(23)15-5-6-18(24-2)20-12-15/h3-6,11-12,14,16H,7-10,13H2,1-2H3,(H,21,23). The maximum atomic E-state index is 12.4. The van der Waals surface area contributed by atoms with Crippen LogP contribution in [0.15, 0.2) is 35.8 Å². The Hall–Kier alpha value is -1.92. The van der Waals surface area contributed by atoms with E-state index in [0.29, 0.717) is 18.0 Å². The number of aromatic nitrogens is 1. The van der Waals surface area contributed by atoms with Crippen LogP contribution in [0, 0.1) is 5.92 Å². The Labute approximate surface area is 153 Å². The fourth-order valence-corrected chi connectivity index (χ4v) is 4.02. The van der Waals surface area contributed by atoms with E-state index in [1.807, 2.05) is 0 Å². The summed E-state index contributed by atoms with van der Waals surface area (Å²) in [5.41, 5.74) is 0.554. The molecule has 1 aliphatic rings. The summed E-state index contributed by atoms with van der Waals surface area (Å²) < 4.78 is 5.04. The summed E-state index contributed by atoms with van der Waals surface area (Å²) in [6.07, 6.45) is 3.99. The highest BCUT2D eigenvalue weighted by Gasteiger charge is 2.25. The van der Waals surface area contributed by atoms with E-state index >= 15 is 0 Å². The van der Waals surface area contributed by atoms with Crippen LogP contribution in [0.25, 0.3) is 0 Å². The largest absolute Gasteiger partial charge is 0.481 e. The number of likely N-dealkylation sites (tertiary alicyclic amines) is 1. The molecule has 1 saturated heterocycles. The number of carbonyl (C=O) groups is 1. The number of nitrogens with one attached hydrogen (secondary N) is 1. The molecule has 2 aromatic rings. The Kier molecular flexibility index (Phi) is 6.04. The number of thiophene rings is 1. The first kappa shape index (κ1) is 17.9. The van der Waals surface area contributed by atoms with Gasteiger partial charge in [0.25, 0.3) is 5.91 Å². The van der Waals surface area contributed by atoms with Gasteiger partial charge in [-0.15, -0.1) is 11.3 Å². The molecule has 3 rings (SSSR count). The minimum atomic E-state index is -0.0953. The molecule has 25 heavy (non-hydrogen) atoms. The minimum Gasteiger partial charge on any atom is -0.481 e. The smallest absolute Gasteiger partial charge is 0.252 e. The average molecular weight is 359 g/mol. The molecule has 1 fully saturated rings. The van der Waals surface area contributed by atoms with E-state index in [9.17, 15) is 4.79 Å². The van der Waals surface area contributed by atoms with Crippen LogP contribution in [0.5, 0.6) is 5.88 Å². The lowest BCUT2D eigenvalue weighted by molar-refractivity contribution is 0.0914. The highest BCUT2D eigenvalue weighted by atomic mass is 32.1. The van der Waals surface area contributed by atoms with Crippen molar-refractivity contribution in [1.82, 2.24) is 15.2 Å². The number of carbonyl (C=O) groups excluding carboxylic acids is 1. The Bertz CT molecular complexity index is 664. The van der Waals surface area contributed by atoms with Crippen LogP contribution in [0.1, 0.15) is 41.0 Å². The minimum absolute atomic E-state index is 0.0953. The van der Waals surface area contributed by atoms with Crippen molar-refractivity contribution in [3.05, 3.63) is 46.3 Å². The number of hydrogen-bond acceptors (Lipinski definition) is 5. The van der Waals surface area contributed by atoms with Gasteiger partial charge in [-0.25, -0.2) is 4.98 Å². The quantitative estimate of drug-likeness (QED) is 0.859. The molecule has 5 nitrogen and oxygen atoms in total. The summed E-state index contributed by atoms with van der Waals surface area (Å²) in [6.45, 7) is 5.10. The fourth-order valence-electron chi connectivity index (χ4n) is 3.16.